The van der Waals surface area contributed by atoms with E-state index >= 15 is 0 Å². The van der Waals surface area contributed by atoms with E-state index in [4.69, 9.17) is 5.11 Å². The molecule has 2 amide bonds. The Morgan fingerprint density at radius 1 is 1.61 bits per heavy atom. The molecule has 1 rings (SSSR count). The van der Waals surface area contributed by atoms with Crippen molar-refractivity contribution in [3.63, 3.8) is 0 Å². The van der Waals surface area contributed by atoms with Crippen LogP contribution in [0, 0.1) is 0 Å². The van der Waals surface area contributed by atoms with Crippen LogP contribution in [0.25, 0.3) is 0 Å². The Morgan fingerprint density at radius 2 is 2.33 bits per heavy atom. The molecule has 1 heterocycles. The smallest absolute Gasteiger partial charge is 0.319 e. The van der Waals surface area contributed by atoms with E-state index in [1.165, 1.54) is 0 Å². The molecule has 0 radical (unpaired) electrons. The fourth-order valence-electron chi connectivity index (χ4n) is 1.29. The number of carbonyl (C=O) groups is 1. The molecule has 0 aliphatic heterocycles. The van der Waals surface area contributed by atoms with E-state index in [1.54, 1.807) is 24.0 Å². The van der Waals surface area contributed by atoms with Crippen molar-refractivity contribution in [2.24, 2.45) is 0 Å². The van der Waals surface area contributed by atoms with Gasteiger partial charge in [-0.25, -0.2) is 4.79 Å². The third kappa shape index (κ3) is 5.15. The van der Waals surface area contributed by atoms with E-state index in [0.29, 0.717) is 5.69 Å². The first kappa shape index (κ1) is 14.5. The van der Waals surface area contributed by atoms with Crippen LogP contribution in [-0.4, -0.2) is 59.1 Å². The number of likely N-dealkylation sites (N-methyl/N-ethyl adjacent to an activating group) is 1. The van der Waals surface area contributed by atoms with Gasteiger partial charge in [-0.3, -0.25) is 4.68 Å². The van der Waals surface area contributed by atoms with Crippen LogP contribution in [-0.2, 0) is 6.54 Å². The minimum Gasteiger partial charge on any atom is -0.394 e. The van der Waals surface area contributed by atoms with Crippen LogP contribution < -0.4 is 10.6 Å². The standard InChI is InChI=1S/C11H21N5O2/c1-9(8-17)13-11(18)14-10-6-12-16(7-10)5-4-15(2)3/h6-7,9,17H,4-5,8H2,1-3H3,(H2,13,14,18)/t9-/m0/s1. The van der Waals surface area contributed by atoms with Gasteiger partial charge in [-0.05, 0) is 21.0 Å². The van der Waals surface area contributed by atoms with Gasteiger partial charge in [-0.1, -0.05) is 0 Å². The summed E-state index contributed by atoms with van der Waals surface area (Å²) in [5.41, 5.74) is 0.636. The molecule has 0 aromatic carbocycles. The largest absolute Gasteiger partial charge is 0.394 e. The lowest BCUT2D eigenvalue weighted by atomic mass is 10.4. The van der Waals surface area contributed by atoms with Crippen molar-refractivity contribution < 1.29 is 9.90 Å². The highest BCUT2D eigenvalue weighted by Gasteiger charge is 2.07. The number of hydrogen-bond donors (Lipinski definition) is 3. The molecule has 0 aliphatic carbocycles. The molecule has 18 heavy (non-hydrogen) atoms. The van der Waals surface area contributed by atoms with Crippen molar-refractivity contribution in [3.05, 3.63) is 12.4 Å². The van der Waals surface area contributed by atoms with E-state index < -0.39 is 0 Å². The number of rotatable bonds is 6. The third-order valence-electron chi connectivity index (χ3n) is 2.32. The molecule has 1 aromatic heterocycles. The molecule has 3 N–H and O–H groups in total. The van der Waals surface area contributed by atoms with Crippen LogP contribution in [0.15, 0.2) is 12.4 Å². The first-order valence-corrected chi connectivity index (χ1v) is 5.87. The molecule has 1 aromatic rings. The van der Waals surface area contributed by atoms with Crippen LogP contribution in [0.1, 0.15) is 6.92 Å². The van der Waals surface area contributed by atoms with Gasteiger partial charge < -0.3 is 20.6 Å². The zero-order valence-corrected chi connectivity index (χ0v) is 11.1. The molecule has 1 atom stereocenters. The summed E-state index contributed by atoms with van der Waals surface area (Å²) in [5, 5.41) is 18.2. The number of aliphatic hydroxyl groups excluding tert-OH is 1. The number of carbonyl (C=O) groups excluding carboxylic acids is 1. The number of anilines is 1. The SMILES string of the molecule is C[C@@H](CO)NC(=O)Nc1cnn(CCN(C)C)c1. The monoisotopic (exact) mass is 255 g/mol. The lowest BCUT2D eigenvalue weighted by Crippen LogP contribution is -2.38. The van der Waals surface area contributed by atoms with Crippen molar-refractivity contribution in [1.82, 2.24) is 20.0 Å². The summed E-state index contributed by atoms with van der Waals surface area (Å²) in [7, 11) is 3.98. The number of urea groups is 1. The average Bonchev–Trinajstić information content (AvgIpc) is 2.73. The van der Waals surface area contributed by atoms with Crippen molar-refractivity contribution in [2.45, 2.75) is 19.5 Å². The maximum absolute atomic E-state index is 11.5. The number of aromatic nitrogens is 2. The van der Waals surface area contributed by atoms with Gasteiger partial charge >= 0.3 is 6.03 Å². The van der Waals surface area contributed by atoms with Crippen molar-refractivity contribution in [1.29, 1.82) is 0 Å². The summed E-state index contributed by atoms with van der Waals surface area (Å²) in [5.74, 6) is 0. The zero-order valence-electron chi connectivity index (χ0n) is 11.1. The van der Waals surface area contributed by atoms with E-state index in [9.17, 15) is 4.79 Å². The predicted molar refractivity (Wildman–Crippen MR) is 69.5 cm³/mol. The second kappa shape index (κ2) is 6.97. The Bertz CT molecular complexity index is 377. The predicted octanol–water partition coefficient (Wildman–Crippen LogP) is -0.0530. The third-order valence-corrected chi connectivity index (χ3v) is 2.32. The van der Waals surface area contributed by atoms with Gasteiger partial charge in [0.25, 0.3) is 0 Å². The minimum atomic E-state index is -0.344. The molecular weight excluding hydrogens is 234 g/mol. The first-order chi connectivity index (χ1) is 8.51. The molecular formula is C11H21N5O2. The highest BCUT2D eigenvalue weighted by Crippen LogP contribution is 2.04. The summed E-state index contributed by atoms with van der Waals surface area (Å²) in [4.78, 5) is 13.5. The van der Waals surface area contributed by atoms with Gasteiger partial charge in [0.05, 0.1) is 31.1 Å². The zero-order chi connectivity index (χ0) is 13.5. The van der Waals surface area contributed by atoms with Crippen LogP contribution in [0.4, 0.5) is 10.5 Å². The van der Waals surface area contributed by atoms with Gasteiger partial charge in [0.15, 0.2) is 0 Å². The number of hydrogen-bond acceptors (Lipinski definition) is 4. The van der Waals surface area contributed by atoms with Crippen molar-refractivity contribution in [3.8, 4) is 0 Å². The van der Waals surface area contributed by atoms with E-state index in [1.807, 2.05) is 14.1 Å². The van der Waals surface area contributed by atoms with Gasteiger partial charge in [0.1, 0.15) is 0 Å². The van der Waals surface area contributed by atoms with Gasteiger partial charge in [-0.2, -0.15) is 5.10 Å². The van der Waals surface area contributed by atoms with Crippen LogP contribution in [0.3, 0.4) is 0 Å². The number of amides is 2. The summed E-state index contributed by atoms with van der Waals surface area (Å²) in [6.45, 7) is 3.29. The maximum Gasteiger partial charge on any atom is 0.319 e. The lowest BCUT2D eigenvalue weighted by Gasteiger charge is -2.10. The average molecular weight is 255 g/mol. The highest BCUT2D eigenvalue weighted by atomic mass is 16.3. The molecule has 7 nitrogen and oxygen atoms in total. The highest BCUT2D eigenvalue weighted by molar-refractivity contribution is 5.89. The quantitative estimate of drug-likeness (QED) is 0.665. The Balaban J connectivity index is 2.41. The molecule has 0 unspecified atom stereocenters. The Morgan fingerprint density at radius 3 is 2.94 bits per heavy atom. The van der Waals surface area contributed by atoms with Crippen molar-refractivity contribution >= 4 is 11.7 Å². The molecule has 0 saturated carbocycles. The summed E-state index contributed by atoms with van der Waals surface area (Å²) in [6, 6.07) is -0.613. The van der Waals surface area contributed by atoms with E-state index in [2.05, 4.69) is 20.6 Å². The van der Waals surface area contributed by atoms with Crippen LogP contribution >= 0.6 is 0 Å². The Kier molecular flexibility index (Phi) is 5.60. The second-order valence-electron chi connectivity index (χ2n) is 4.48. The maximum atomic E-state index is 11.5. The summed E-state index contributed by atoms with van der Waals surface area (Å²) in [6.07, 6.45) is 3.37. The Labute approximate surface area is 107 Å². The fourth-order valence-corrected chi connectivity index (χ4v) is 1.29. The molecule has 0 spiro atoms. The van der Waals surface area contributed by atoms with E-state index in [0.717, 1.165) is 13.1 Å². The number of nitrogens with one attached hydrogen (secondary N) is 2. The van der Waals surface area contributed by atoms with Crippen LogP contribution in [0.5, 0.6) is 0 Å². The minimum absolute atomic E-state index is 0.0878. The molecule has 0 bridgehead atoms. The molecule has 0 fully saturated rings. The van der Waals surface area contributed by atoms with Gasteiger partial charge in [0.2, 0.25) is 0 Å². The number of nitrogens with zero attached hydrogens (tertiary/aromatic N) is 3. The molecule has 7 heteroatoms. The second-order valence-corrected chi connectivity index (χ2v) is 4.48. The molecule has 0 aliphatic rings. The first-order valence-electron chi connectivity index (χ1n) is 5.87. The van der Waals surface area contributed by atoms with E-state index in [-0.39, 0.29) is 18.7 Å². The number of aliphatic hydroxyl groups is 1. The lowest BCUT2D eigenvalue weighted by molar-refractivity contribution is 0.229. The van der Waals surface area contributed by atoms with Crippen LogP contribution in [0.2, 0.25) is 0 Å². The summed E-state index contributed by atoms with van der Waals surface area (Å²) >= 11 is 0. The normalized spacial score (nSPS) is 12.5. The van der Waals surface area contributed by atoms with Crippen molar-refractivity contribution in [2.75, 3.05) is 32.6 Å². The molecule has 102 valence electrons. The molecule has 0 saturated heterocycles. The fraction of sp³-hybridized carbons (Fsp3) is 0.636. The Hall–Kier alpha value is -1.60. The van der Waals surface area contributed by atoms with Gasteiger partial charge in [0, 0.05) is 12.7 Å². The topological polar surface area (TPSA) is 82.4 Å². The van der Waals surface area contributed by atoms with Gasteiger partial charge in [-0.15, -0.1) is 0 Å². The summed E-state index contributed by atoms with van der Waals surface area (Å²) < 4.78 is 1.77.